The third kappa shape index (κ3) is 12.4. The number of alkyl halides is 3. The van der Waals surface area contributed by atoms with Crippen LogP contribution in [0.2, 0.25) is 0 Å². The van der Waals surface area contributed by atoms with Crippen LogP contribution in [-0.2, 0) is 35.4 Å². The summed E-state index contributed by atoms with van der Waals surface area (Å²) in [6.07, 6.45) is -4.88. The SMILES string of the molecule is O=C(NO)C(c1ccccc1)c1ccc(NS(=O)(=O)Cc2ccccc2)cc1.O=C(NO)C(c1ccccc1)c1cccc(NS(=O)(=O)CC(F)(F)F)c1. The van der Waals surface area contributed by atoms with E-state index in [0.717, 1.165) is 0 Å². The summed E-state index contributed by atoms with van der Waals surface area (Å²) in [4.78, 5) is 24.2. The fourth-order valence-electron chi connectivity index (χ4n) is 5.38. The Balaban J connectivity index is 0.000000241. The van der Waals surface area contributed by atoms with Gasteiger partial charge in [0.2, 0.25) is 20.0 Å². The van der Waals surface area contributed by atoms with E-state index in [-0.39, 0.29) is 17.0 Å². The van der Waals surface area contributed by atoms with E-state index in [0.29, 0.717) is 27.9 Å². The van der Waals surface area contributed by atoms with Gasteiger partial charge in [-0.05, 0) is 52.1 Å². The summed E-state index contributed by atoms with van der Waals surface area (Å²) < 4.78 is 89.3. The van der Waals surface area contributed by atoms with Crippen LogP contribution in [0.3, 0.4) is 0 Å². The topological polar surface area (TPSA) is 191 Å². The molecule has 17 heteroatoms. The maximum absolute atomic E-state index is 12.4. The summed E-state index contributed by atoms with van der Waals surface area (Å²) in [6, 6.07) is 38.1. The van der Waals surface area contributed by atoms with E-state index in [1.165, 1.54) is 29.7 Å². The number of carbonyl (C=O) groups is 2. The lowest BCUT2D eigenvalue weighted by Crippen LogP contribution is -2.28. The van der Waals surface area contributed by atoms with Crippen molar-refractivity contribution < 1.29 is 50.0 Å². The molecule has 0 saturated heterocycles. The number of benzene rings is 5. The Hall–Kier alpha value is -5.75. The summed E-state index contributed by atoms with van der Waals surface area (Å²) in [6.45, 7) is 0. The highest BCUT2D eigenvalue weighted by molar-refractivity contribution is 7.92. The van der Waals surface area contributed by atoms with Crippen LogP contribution in [0, 0.1) is 0 Å². The van der Waals surface area contributed by atoms with Crippen LogP contribution < -0.4 is 20.4 Å². The number of amides is 2. The highest BCUT2D eigenvalue weighted by atomic mass is 32.2. The van der Waals surface area contributed by atoms with Gasteiger partial charge in [0.05, 0.1) is 17.6 Å². The Morgan fingerprint density at radius 2 is 0.963 bits per heavy atom. The number of halogens is 3. The number of carbonyl (C=O) groups excluding carboxylic acids is 2. The van der Waals surface area contributed by atoms with Crippen molar-refractivity contribution >= 4 is 43.2 Å². The van der Waals surface area contributed by atoms with Crippen LogP contribution in [-0.4, -0.2) is 51.0 Å². The quantitative estimate of drug-likeness (QED) is 0.0629. The van der Waals surface area contributed by atoms with Crippen molar-refractivity contribution in [3.05, 3.63) is 167 Å². The average molecular weight is 785 g/mol. The second-order valence-electron chi connectivity index (χ2n) is 11.7. The smallest absolute Gasteiger partial charge is 0.289 e. The van der Waals surface area contributed by atoms with Gasteiger partial charge in [-0.1, -0.05) is 115 Å². The summed E-state index contributed by atoms with van der Waals surface area (Å²) in [5.41, 5.74) is 6.33. The second-order valence-corrected chi connectivity index (χ2v) is 15.2. The molecular formula is C37H35F3N4O8S2. The highest BCUT2D eigenvalue weighted by Crippen LogP contribution is 2.29. The number of hydroxylamine groups is 2. The average Bonchev–Trinajstić information content (AvgIpc) is 3.12. The molecule has 5 aromatic carbocycles. The molecule has 5 aromatic rings. The molecule has 0 fully saturated rings. The van der Waals surface area contributed by atoms with Crippen molar-refractivity contribution in [1.82, 2.24) is 11.0 Å². The van der Waals surface area contributed by atoms with Gasteiger partial charge in [-0.3, -0.25) is 29.4 Å². The first-order chi connectivity index (χ1) is 25.6. The fourth-order valence-corrected chi connectivity index (χ4v) is 7.56. The largest absolute Gasteiger partial charge is 0.404 e. The summed E-state index contributed by atoms with van der Waals surface area (Å²) in [7, 11) is -8.21. The fraction of sp³-hybridized carbons (Fsp3) is 0.135. The zero-order valence-electron chi connectivity index (χ0n) is 28.1. The van der Waals surface area contributed by atoms with Crippen LogP contribution in [0.1, 0.15) is 39.7 Å². The van der Waals surface area contributed by atoms with Gasteiger partial charge < -0.3 is 0 Å². The maximum atomic E-state index is 12.4. The number of sulfonamides is 2. The Morgan fingerprint density at radius 1 is 0.537 bits per heavy atom. The molecule has 0 spiro atoms. The van der Waals surface area contributed by atoms with Gasteiger partial charge in [0.1, 0.15) is 0 Å². The Labute approximate surface area is 309 Å². The predicted molar refractivity (Wildman–Crippen MR) is 195 cm³/mol. The Kier molecular flexibility index (Phi) is 13.9. The molecule has 2 unspecified atom stereocenters. The first kappa shape index (κ1) is 41.0. The molecule has 6 N–H and O–H groups in total. The molecule has 0 aliphatic heterocycles. The summed E-state index contributed by atoms with van der Waals surface area (Å²) >= 11 is 0. The van der Waals surface area contributed by atoms with Crippen LogP contribution in [0.5, 0.6) is 0 Å². The second kappa shape index (κ2) is 18.3. The lowest BCUT2D eigenvalue weighted by atomic mass is 9.90. The lowest BCUT2D eigenvalue weighted by molar-refractivity contribution is -0.130. The third-order valence-electron chi connectivity index (χ3n) is 7.57. The van der Waals surface area contributed by atoms with Crippen molar-refractivity contribution in [2.45, 2.75) is 23.8 Å². The van der Waals surface area contributed by atoms with E-state index in [4.69, 9.17) is 10.4 Å². The van der Waals surface area contributed by atoms with Crippen molar-refractivity contribution in [2.24, 2.45) is 0 Å². The van der Waals surface area contributed by atoms with E-state index < -0.39 is 55.6 Å². The van der Waals surface area contributed by atoms with Gasteiger partial charge in [0, 0.05) is 11.4 Å². The first-order valence-electron chi connectivity index (χ1n) is 15.9. The minimum Gasteiger partial charge on any atom is -0.289 e. The molecule has 54 heavy (non-hydrogen) atoms. The zero-order valence-corrected chi connectivity index (χ0v) is 29.8. The maximum Gasteiger partial charge on any atom is 0.404 e. The molecule has 0 heterocycles. The molecular weight excluding hydrogens is 750 g/mol. The van der Waals surface area contributed by atoms with E-state index >= 15 is 0 Å². The van der Waals surface area contributed by atoms with Crippen LogP contribution >= 0.6 is 0 Å². The molecule has 0 aromatic heterocycles. The van der Waals surface area contributed by atoms with Gasteiger partial charge in [-0.15, -0.1) is 0 Å². The normalized spacial score (nSPS) is 12.6. The molecule has 0 radical (unpaired) electrons. The summed E-state index contributed by atoms with van der Waals surface area (Å²) in [5.74, 6) is -5.18. The molecule has 5 rings (SSSR count). The van der Waals surface area contributed by atoms with Gasteiger partial charge in [-0.2, -0.15) is 13.2 Å². The van der Waals surface area contributed by atoms with Crippen molar-refractivity contribution in [1.29, 1.82) is 0 Å². The molecule has 12 nitrogen and oxygen atoms in total. The standard InChI is InChI=1S/C21H20N2O4S.C16H15F3N2O4S/c24-21(22-25)20(17-9-5-2-6-10-17)18-11-13-19(14-12-18)23-28(26,27)15-16-7-3-1-4-8-16;17-16(18,19)10-26(24,25)21-13-8-4-7-12(9-13)14(15(22)20-23)11-5-2-1-3-6-11/h1-14,20,23,25H,15H2,(H,22,24);1-9,14,21,23H,10H2,(H,20,22). The minimum absolute atomic E-state index is 0.126. The van der Waals surface area contributed by atoms with Gasteiger partial charge in [0.15, 0.2) is 5.75 Å². The first-order valence-corrected chi connectivity index (χ1v) is 19.2. The molecule has 284 valence electrons. The van der Waals surface area contributed by atoms with Crippen LogP contribution in [0.25, 0.3) is 0 Å². The molecule has 2 amide bonds. The zero-order chi connectivity index (χ0) is 39.4. The monoisotopic (exact) mass is 784 g/mol. The molecule has 0 aliphatic carbocycles. The van der Waals surface area contributed by atoms with Crippen molar-refractivity contribution in [2.75, 3.05) is 15.2 Å². The minimum atomic E-state index is -4.88. The van der Waals surface area contributed by atoms with E-state index in [1.807, 2.05) is 16.9 Å². The molecule has 2 atom stereocenters. The van der Waals surface area contributed by atoms with Crippen molar-refractivity contribution in [3.63, 3.8) is 0 Å². The number of hydrogen-bond acceptors (Lipinski definition) is 8. The molecule has 0 saturated carbocycles. The number of rotatable bonds is 13. The summed E-state index contributed by atoms with van der Waals surface area (Å²) in [5, 5.41) is 18.1. The van der Waals surface area contributed by atoms with E-state index in [2.05, 4.69) is 4.72 Å². The number of nitrogens with one attached hydrogen (secondary N) is 4. The van der Waals surface area contributed by atoms with E-state index in [9.17, 15) is 39.6 Å². The third-order valence-corrected chi connectivity index (χ3v) is 10.1. The van der Waals surface area contributed by atoms with Crippen LogP contribution in [0.15, 0.2) is 140 Å². The molecule has 0 aliphatic rings. The van der Waals surface area contributed by atoms with Gasteiger partial charge in [-0.25, -0.2) is 27.8 Å². The highest BCUT2D eigenvalue weighted by Gasteiger charge is 2.35. The number of hydrogen-bond donors (Lipinski definition) is 6. The Morgan fingerprint density at radius 3 is 1.44 bits per heavy atom. The van der Waals surface area contributed by atoms with Gasteiger partial charge in [0.25, 0.3) is 11.8 Å². The Bertz CT molecular complexity index is 2210. The molecule has 0 bridgehead atoms. The van der Waals surface area contributed by atoms with E-state index in [1.54, 1.807) is 109 Å². The lowest BCUT2D eigenvalue weighted by Gasteiger charge is -2.17. The number of anilines is 2. The predicted octanol–water partition coefficient (Wildman–Crippen LogP) is 5.89. The van der Waals surface area contributed by atoms with Crippen molar-refractivity contribution in [3.8, 4) is 0 Å². The van der Waals surface area contributed by atoms with Crippen LogP contribution in [0.4, 0.5) is 24.5 Å². The van der Waals surface area contributed by atoms with Gasteiger partial charge >= 0.3 is 6.18 Å².